The first kappa shape index (κ1) is 13.1. The molecule has 0 atom stereocenters. The fourth-order valence-electron chi connectivity index (χ4n) is 2.43. The molecule has 0 unspecified atom stereocenters. The van der Waals surface area contributed by atoms with Gasteiger partial charge in [0, 0.05) is 24.3 Å². The first-order valence-corrected chi connectivity index (χ1v) is 6.52. The number of halogens is 1. The van der Waals surface area contributed by atoms with Gasteiger partial charge in [0.2, 0.25) is 0 Å². The van der Waals surface area contributed by atoms with Gasteiger partial charge < -0.3 is 15.8 Å². The second-order valence-electron chi connectivity index (χ2n) is 5.01. The van der Waals surface area contributed by atoms with Crippen LogP contribution in [0.3, 0.4) is 0 Å². The van der Waals surface area contributed by atoms with E-state index in [1.807, 2.05) is 6.07 Å². The smallest absolute Gasteiger partial charge is 0.167 e. The van der Waals surface area contributed by atoms with Gasteiger partial charge in [0.25, 0.3) is 0 Å². The normalized spacial score (nSPS) is 23.7. The lowest BCUT2D eigenvalue weighted by molar-refractivity contribution is 0.338. The van der Waals surface area contributed by atoms with Gasteiger partial charge in [-0.2, -0.15) is 0 Å². The molecular formula is C14H21FN2O. The van der Waals surface area contributed by atoms with Gasteiger partial charge in [-0.3, -0.25) is 0 Å². The number of anilines is 1. The molecule has 0 amide bonds. The van der Waals surface area contributed by atoms with Gasteiger partial charge in [0.15, 0.2) is 11.6 Å². The van der Waals surface area contributed by atoms with Crippen LogP contribution in [0.25, 0.3) is 0 Å². The lowest BCUT2D eigenvalue weighted by Gasteiger charge is -2.26. The molecule has 2 rings (SSSR count). The first-order chi connectivity index (χ1) is 8.69. The standard InChI is InChI=1S/C14H21FN2O/c1-18-14-7-6-12(8-13(14)15)17-9-10-2-4-11(16)5-3-10/h6-8,10-11,17H,2-5,9,16H2,1H3. The number of nitrogens with one attached hydrogen (secondary N) is 1. The molecule has 0 bridgehead atoms. The van der Waals surface area contributed by atoms with Gasteiger partial charge in [-0.15, -0.1) is 0 Å². The SMILES string of the molecule is COc1ccc(NCC2CCC(N)CC2)cc1F. The Morgan fingerprint density at radius 2 is 2.06 bits per heavy atom. The van der Waals surface area contributed by atoms with E-state index in [4.69, 9.17) is 10.5 Å². The van der Waals surface area contributed by atoms with Crippen molar-refractivity contribution in [2.24, 2.45) is 11.7 Å². The Bertz CT molecular complexity index is 389. The van der Waals surface area contributed by atoms with E-state index in [1.165, 1.54) is 13.2 Å². The quantitative estimate of drug-likeness (QED) is 0.866. The lowest BCUT2D eigenvalue weighted by Crippen LogP contribution is -2.29. The van der Waals surface area contributed by atoms with Crippen LogP contribution in [0, 0.1) is 11.7 Å². The van der Waals surface area contributed by atoms with Crippen molar-refractivity contribution >= 4 is 5.69 Å². The number of hydrogen-bond acceptors (Lipinski definition) is 3. The maximum atomic E-state index is 13.5. The van der Waals surface area contributed by atoms with Crippen molar-refractivity contribution in [1.82, 2.24) is 0 Å². The molecule has 3 nitrogen and oxygen atoms in total. The summed E-state index contributed by atoms with van der Waals surface area (Å²) in [5, 5.41) is 3.28. The van der Waals surface area contributed by atoms with Gasteiger partial charge in [0.1, 0.15) is 0 Å². The minimum Gasteiger partial charge on any atom is -0.494 e. The van der Waals surface area contributed by atoms with Gasteiger partial charge in [0.05, 0.1) is 7.11 Å². The van der Waals surface area contributed by atoms with E-state index in [1.54, 1.807) is 6.07 Å². The van der Waals surface area contributed by atoms with E-state index in [2.05, 4.69) is 5.32 Å². The van der Waals surface area contributed by atoms with Crippen molar-refractivity contribution in [1.29, 1.82) is 0 Å². The fraction of sp³-hybridized carbons (Fsp3) is 0.571. The zero-order chi connectivity index (χ0) is 13.0. The maximum absolute atomic E-state index is 13.5. The zero-order valence-electron chi connectivity index (χ0n) is 10.8. The van der Waals surface area contributed by atoms with Crippen molar-refractivity contribution in [3.8, 4) is 5.75 Å². The fourth-order valence-corrected chi connectivity index (χ4v) is 2.43. The summed E-state index contributed by atoms with van der Waals surface area (Å²) in [4.78, 5) is 0. The average Bonchev–Trinajstić information content (AvgIpc) is 2.38. The third-order valence-corrected chi connectivity index (χ3v) is 3.64. The molecule has 1 aliphatic carbocycles. The van der Waals surface area contributed by atoms with Crippen molar-refractivity contribution in [3.05, 3.63) is 24.0 Å². The predicted octanol–water partition coefficient (Wildman–Crippen LogP) is 2.76. The van der Waals surface area contributed by atoms with Crippen molar-refractivity contribution in [2.75, 3.05) is 19.0 Å². The van der Waals surface area contributed by atoms with Gasteiger partial charge >= 0.3 is 0 Å². The molecule has 0 spiro atoms. The van der Waals surface area contributed by atoms with E-state index in [0.717, 1.165) is 37.9 Å². The maximum Gasteiger partial charge on any atom is 0.167 e. The number of rotatable bonds is 4. The molecule has 3 N–H and O–H groups in total. The Kier molecular flexibility index (Phi) is 4.42. The Morgan fingerprint density at radius 1 is 1.33 bits per heavy atom. The summed E-state index contributed by atoms with van der Waals surface area (Å²) in [6.07, 6.45) is 4.52. The van der Waals surface area contributed by atoms with E-state index in [9.17, 15) is 4.39 Å². The molecule has 18 heavy (non-hydrogen) atoms. The van der Waals surface area contributed by atoms with E-state index in [0.29, 0.717) is 12.0 Å². The molecular weight excluding hydrogens is 231 g/mol. The second kappa shape index (κ2) is 6.05. The largest absolute Gasteiger partial charge is 0.494 e. The minimum absolute atomic E-state index is 0.282. The highest BCUT2D eigenvalue weighted by atomic mass is 19.1. The van der Waals surface area contributed by atoms with E-state index >= 15 is 0 Å². The summed E-state index contributed by atoms with van der Waals surface area (Å²) >= 11 is 0. The van der Waals surface area contributed by atoms with Crippen LogP contribution in [-0.4, -0.2) is 19.7 Å². The molecule has 1 aromatic rings. The summed E-state index contributed by atoms with van der Waals surface area (Å²) in [5.74, 6) is 0.604. The van der Waals surface area contributed by atoms with Crippen molar-refractivity contribution in [2.45, 2.75) is 31.7 Å². The molecule has 1 aromatic carbocycles. The minimum atomic E-state index is -0.326. The van der Waals surface area contributed by atoms with Crippen LogP contribution in [0.2, 0.25) is 0 Å². The van der Waals surface area contributed by atoms with Crippen molar-refractivity contribution < 1.29 is 9.13 Å². The summed E-state index contributed by atoms with van der Waals surface area (Å²) in [7, 11) is 1.47. The number of benzene rings is 1. The van der Waals surface area contributed by atoms with Crippen LogP contribution in [0.5, 0.6) is 5.75 Å². The first-order valence-electron chi connectivity index (χ1n) is 6.52. The topological polar surface area (TPSA) is 47.3 Å². The van der Waals surface area contributed by atoms with Gasteiger partial charge in [-0.1, -0.05) is 0 Å². The highest BCUT2D eigenvalue weighted by Gasteiger charge is 2.18. The third kappa shape index (κ3) is 3.35. The molecule has 0 aliphatic heterocycles. The Morgan fingerprint density at radius 3 is 2.67 bits per heavy atom. The Hall–Kier alpha value is -1.29. The monoisotopic (exact) mass is 252 g/mol. The Labute approximate surface area is 108 Å². The van der Waals surface area contributed by atoms with Crippen LogP contribution in [-0.2, 0) is 0 Å². The molecule has 1 saturated carbocycles. The highest BCUT2D eigenvalue weighted by Crippen LogP contribution is 2.25. The Balaban J connectivity index is 1.84. The second-order valence-corrected chi connectivity index (χ2v) is 5.01. The number of hydrogen-bond donors (Lipinski definition) is 2. The molecule has 0 radical (unpaired) electrons. The van der Waals surface area contributed by atoms with Crippen LogP contribution in [0.4, 0.5) is 10.1 Å². The molecule has 0 aromatic heterocycles. The number of ether oxygens (including phenoxy) is 1. The molecule has 4 heteroatoms. The molecule has 1 fully saturated rings. The summed E-state index contributed by atoms with van der Waals surface area (Å²) in [6, 6.07) is 5.35. The molecule has 1 aliphatic rings. The molecule has 0 saturated heterocycles. The van der Waals surface area contributed by atoms with E-state index in [-0.39, 0.29) is 11.6 Å². The molecule has 100 valence electrons. The predicted molar refractivity (Wildman–Crippen MR) is 71.4 cm³/mol. The van der Waals surface area contributed by atoms with Gasteiger partial charge in [-0.25, -0.2) is 4.39 Å². The van der Waals surface area contributed by atoms with Crippen LogP contribution in [0.1, 0.15) is 25.7 Å². The lowest BCUT2D eigenvalue weighted by atomic mass is 9.86. The number of methoxy groups -OCH3 is 1. The van der Waals surface area contributed by atoms with Crippen LogP contribution < -0.4 is 15.8 Å². The summed E-state index contributed by atoms with van der Waals surface area (Å²) in [6.45, 7) is 0.887. The number of nitrogens with two attached hydrogens (primary N) is 1. The van der Waals surface area contributed by atoms with Crippen LogP contribution >= 0.6 is 0 Å². The summed E-state index contributed by atoms with van der Waals surface area (Å²) < 4.78 is 18.4. The van der Waals surface area contributed by atoms with Gasteiger partial charge in [-0.05, 0) is 43.7 Å². The average molecular weight is 252 g/mol. The summed E-state index contributed by atoms with van der Waals surface area (Å²) in [5.41, 5.74) is 6.68. The van der Waals surface area contributed by atoms with Crippen LogP contribution in [0.15, 0.2) is 18.2 Å². The van der Waals surface area contributed by atoms with E-state index < -0.39 is 0 Å². The third-order valence-electron chi connectivity index (χ3n) is 3.64. The zero-order valence-corrected chi connectivity index (χ0v) is 10.8. The highest BCUT2D eigenvalue weighted by molar-refractivity contribution is 5.47. The van der Waals surface area contributed by atoms with Crippen molar-refractivity contribution in [3.63, 3.8) is 0 Å². The molecule has 0 heterocycles.